The minimum atomic E-state index is -4.67. The van der Waals surface area contributed by atoms with Crippen LogP contribution in [0, 0.1) is 6.92 Å². The number of alkyl halides is 3. The normalized spacial score (nSPS) is 11.8. The molecule has 0 saturated heterocycles. The standard InChI is InChI=1S/C21H16ClF3N2O3S/c1-13-6-9-15(10-7-13)27-31(29,30)19-12-14(8-11-17(19)22)20(28)26-18-5-3-2-4-16(18)21(23,24)25/h2-12,27H,1H3,(H,26,28). The van der Waals surface area contributed by atoms with E-state index in [-0.39, 0.29) is 21.2 Å². The summed E-state index contributed by atoms with van der Waals surface area (Å²) in [6.45, 7) is 1.84. The van der Waals surface area contributed by atoms with E-state index in [1.54, 1.807) is 24.3 Å². The van der Waals surface area contributed by atoms with Gasteiger partial charge in [-0.05, 0) is 49.4 Å². The van der Waals surface area contributed by atoms with Gasteiger partial charge in [0.1, 0.15) is 4.90 Å². The SMILES string of the molecule is Cc1ccc(NS(=O)(=O)c2cc(C(=O)Nc3ccccc3C(F)(F)F)ccc2Cl)cc1. The van der Waals surface area contributed by atoms with Gasteiger partial charge in [0.05, 0.1) is 16.3 Å². The molecule has 162 valence electrons. The first-order chi connectivity index (χ1) is 14.5. The van der Waals surface area contributed by atoms with Crippen LogP contribution in [0.3, 0.4) is 0 Å². The Morgan fingerprint density at radius 3 is 2.26 bits per heavy atom. The lowest BCUT2D eigenvalue weighted by atomic mass is 10.1. The minimum absolute atomic E-state index is 0.146. The number of halogens is 4. The van der Waals surface area contributed by atoms with Crippen molar-refractivity contribution in [3.63, 3.8) is 0 Å². The lowest BCUT2D eigenvalue weighted by Crippen LogP contribution is -2.18. The third-order valence-electron chi connectivity index (χ3n) is 4.27. The molecule has 2 N–H and O–H groups in total. The Kier molecular flexibility index (Phi) is 6.28. The van der Waals surface area contributed by atoms with E-state index in [9.17, 15) is 26.4 Å². The van der Waals surface area contributed by atoms with Crippen LogP contribution in [0.2, 0.25) is 5.02 Å². The van der Waals surface area contributed by atoms with Crippen molar-refractivity contribution in [3.05, 3.63) is 88.4 Å². The van der Waals surface area contributed by atoms with Crippen molar-refractivity contribution in [1.29, 1.82) is 0 Å². The highest BCUT2D eigenvalue weighted by molar-refractivity contribution is 7.92. The largest absolute Gasteiger partial charge is 0.418 e. The molecular formula is C21H16ClF3N2O3S. The fourth-order valence-corrected chi connectivity index (χ4v) is 4.30. The summed E-state index contributed by atoms with van der Waals surface area (Å²) < 4.78 is 67.3. The molecule has 5 nitrogen and oxygen atoms in total. The Morgan fingerprint density at radius 2 is 1.61 bits per heavy atom. The number of rotatable bonds is 5. The molecule has 0 fully saturated rings. The number of sulfonamides is 1. The lowest BCUT2D eigenvalue weighted by molar-refractivity contribution is -0.136. The fourth-order valence-electron chi connectivity index (χ4n) is 2.72. The topological polar surface area (TPSA) is 75.3 Å². The molecule has 0 unspecified atom stereocenters. The van der Waals surface area contributed by atoms with Crippen LogP contribution in [-0.2, 0) is 16.2 Å². The second-order valence-corrected chi connectivity index (χ2v) is 8.67. The van der Waals surface area contributed by atoms with Gasteiger partial charge in [-0.15, -0.1) is 0 Å². The van der Waals surface area contributed by atoms with Crippen LogP contribution in [0.5, 0.6) is 0 Å². The summed E-state index contributed by atoms with van der Waals surface area (Å²) in [5.41, 5.74) is -0.427. The van der Waals surface area contributed by atoms with Gasteiger partial charge in [0.2, 0.25) is 0 Å². The molecule has 3 aromatic rings. The number of para-hydroxylation sites is 1. The molecule has 0 aromatic heterocycles. The van der Waals surface area contributed by atoms with Crippen LogP contribution in [0.4, 0.5) is 24.5 Å². The molecule has 31 heavy (non-hydrogen) atoms. The van der Waals surface area contributed by atoms with Gasteiger partial charge in [-0.3, -0.25) is 9.52 Å². The number of nitrogens with one attached hydrogen (secondary N) is 2. The van der Waals surface area contributed by atoms with Crippen LogP contribution in [0.25, 0.3) is 0 Å². The summed E-state index contributed by atoms with van der Waals surface area (Å²) in [5, 5.41) is 2.02. The second-order valence-electron chi connectivity index (χ2n) is 6.61. The van der Waals surface area contributed by atoms with Crippen molar-refractivity contribution >= 4 is 38.9 Å². The van der Waals surface area contributed by atoms with Crippen molar-refractivity contribution in [2.45, 2.75) is 18.0 Å². The van der Waals surface area contributed by atoms with Gasteiger partial charge < -0.3 is 5.32 Å². The molecule has 0 radical (unpaired) electrons. The smallest absolute Gasteiger partial charge is 0.321 e. The average molecular weight is 469 g/mol. The Labute approximate surface area is 181 Å². The van der Waals surface area contributed by atoms with E-state index in [0.29, 0.717) is 0 Å². The number of carbonyl (C=O) groups excluding carboxylic acids is 1. The number of hydrogen-bond acceptors (Lipinski definition) is 3. The van der Waals surface area contributed by atoms with E-state index in [1.807, 2.05) is 6.92 Å². The zero-order valence-corrected chi connectivity index (χ0v) is 17.6. The molecule has 0 aliphatic heterocycles. The molecule has 0 bridgehead atoms. The first-order valence-electron chi connectivity index (χ1n) is 8.84. The van der Waals surface area contributed by atoms with Crippen LogP contribution < -0.4 is 10.0 Å². The molecule has 0 spiro atoms. The van der Waals surface area contributed by atoms with Crippen molar-refractivity contribution < 1.29 is 26.4 Å². The van der Waals surface area contributed by atoms with E-state index in [4.69, 9.17) is 11.6 Å². The van der Waals surface area contributed by atoms with E-state index in [1.165, 1.54) is 24.3 Å². The predicted molar refractivity (Wildman–Crippen MR) is 113 cm³/mol. The van der Waals surface area contributed by atoms with E-state index < -0.39 is 33.4 Å². The number of anilines is 2. The predicted octanol–water partition coefficient (Wildman–Crippen LogP) is 5.72. The van der Waals surface area contributed by atoms with Crippen LogP contribution >= 0.6 is 11.6 Å². The molecule has 3 rings (SSSR count). The maximum absolute atomic E-state index is 13.2. The Balaban J connectivity index is 1.90. The molecule has 3 aromatic carbocycles. The number of aryl methyl sites for hydroxylation is 1. The van der Waals surface area contributed by atoms with E-state index >= 15 is 0 Å². The van der Waals surface area contributed by atoms with Crippen molar-refractivity contribution in [1.82, 2.24) is 0 Å². The number of hydrogen-bond donors (Lipinski definition) is 2. The molecule has 0 atom stereocenters. The molecule has 1 amide bonds. The van der Waals surface area contributed by atoms with E-state index in [0.717, 1.165) is 23.8 Å². The summed E-state index contributed by atoms with van der Waals surface area (Å²) >= 11 is 6.02. The minimum Gasteiger partial charge on any atom is -0.321 e. The van der Waals surface area contributed by atoms with E-state index in [2.05, 4.69) is 10.0 Å². The Bertz CT molecular complexity index is 1230. The summed E-state index contributed by atoms with van der Waals surface area (Å²) in [6.07, 6.45) is -4.67. The third-order valence-corrected chi connectivity index (χ3v) is 6.13. The van der Waals surface area contributed by atoms with Gasteiger partial charge in [0.15, 0.2) is 0 Å². The van der Waals surface area contributed by atoms with Gasteiger partial charge in [0, 0.05) is 11.3 Å². The van der Waals surface area contributed by atoms with Crippen molar-refractivity contribution in [2.75, 3.05) is 10.0 Å². The zero-order valence-electron chi connectivity index (χ0n) is 16.0. The maximum Gasteiger partial charge on any atom is 0.418 e. The molecule has 0 aliphatic carbocycles. The van der Waals surface area contributed by atoms with Crippen LogP contribution in [0.15, 0.2) is 71.6 Å². The molecule has 10 heteroatoms. The first-order valence-corrected chi connectivity index (χ1v) is 10.7. The summed E-state index contributed by atoms with van der Waals surface area (Å²) in [6, 6.07) is 14.4. The maximum atomic E-state index is 13.2. The highest BCUT2D eigenvalue weighted by Crippen LogP contribution is 2.35. The summed E-state index contributed by atoms with van der Waals surface area (Å²) in [7, 11) is -4.16. The Morgan fingerprint density at radius 1 is 0.968 bits per heavy atom. The van der Waals surface area contributed by atoms with Gasteiger partial charge >= 0.3 is 6.18 Å². The van der Waals surface area contributed by atoms with Gasteiger partial charge in [0.25, 0.3) is 15.9 Å². The summed E-state index contributed by atoms with van der Waals surface area (Å²) in [4.78, 5) is 12.2. The highest BCUT2D eigenvalue weighted by Gasteiger charge is 2.33. The molecule has 0 aliphatic rings. The third kappa shape index (κ3) is 5.36. The number of amides is 1. The Hall–Kier alpha value is -3.04. The second kappa shape index (κ2) is 8.60. The highest BCUT2D eigenvalue weighted by atomic mass is 35.5. The lowest BCUT2D eigenvalue weighted by Gasteiger charge is -2.14. The van der Waals surface area contributed by atoms with Gasteiger partial charge in [-0.2, -0.15) is 13.2 Å². The van der Waals surface area contributed by atoms with Gasteiger partial charge in [-0.1, -0.05) is 41.4 Å². The van der Waals surface area contributed by atoms with Crippen molar-refractivity contribution in [2.24, 2.45) is 0 Å². The molecule has 0 saturated carbocycles. The number of carbonyl (C=O) groups is 1. The molecule has 0 heterocycles. The van der Waals surface area contributed by atoms with Gasteiger partial charge in [-0.25, -0.2) is 8.42 Å². The number of benzene rings is 3. The quantitative estimate of drug-likeness (QED) is 0.503. The first kappa shape index (κ1) is 22.6. The summed E-state index contributed by atoms with van der Waals surface area (Å²) in [5.74, 6) is -0.917. The fraction of sp³-hybridized carbons (Fsp3) is 0.0952. The van der Waals surface area contributed by atoms with Crippen LogP contribution in [-0.4, -0.2) is 14.3 Å². The average Bonchev–Trinajstić information content (AvgIpc) is 2.69. The van der Waals surface area contributed by atoms with Crippen LogP contribution in [0.1, 0.15) is 21.5 Å². The molecular weight excluding hydrogens is 453 g/mol. The zero-order chi connectivity index (χ0) is 22.8. The van der Waals surface area contributed by atoms with Crippen molar-refractivity contribution in [3.8, 4) is 0 Å². The monoisotopic (exact) mass is 468 g/mol.